The number of pyridine rings is 12. The quantitative estimate of drug-likeness (QED) is 0.103. The smallest absolute Gasteiger partial charge is 0.107 e. The van der Waals surface area contributed by atoms with Gasteiger partial charge >= 0.3 is 0 Å². The second-order valence-corrected chi connectivity index (χ2v) is 35.0. The van der Waals surface area contributed by atoms with Gasteiger partial charge in [-0.1, -0.05) is 255 Å². The Morgan fingerprint density at radius 3 is 0.761 bits per heavy atom. The highest BCUT2D eigenvalue weighted by Crippen LogP contribution is 2.42. The summed E-state index contributed by atoms with van der Waals surface area (Å²) >= 11 is 0. The number of fused-ring (bicyclic) bond motifs is 16. The summed E-state index contributed by atoms with van der Waals surface area (Å²) in [5.74, 6) is 0. The maximum absolute atomic E-state index is 5.22. The maximum Gasteiger partial charge on any atom is 0.107 e. The lowest BCUT2D eigenvalue weighted by molar-refractivity contribution is 1.19. The molecule has 0 atom stereocenters. The Bertz CT molecular complexity index is 9880. The Labute approximate surface area is 811 Å². The first-order valence-electron chi connectivity index (χ1n) is 46.7. The van der Waals surface area contributed by atoms with Crippen LogP contribution in [-0.2, 0) is 0 Å². The number of rotatable bonds is 12. The number of hydrogen-bond acceptors (Lipinski definition) is 18. The molecule has 15 heterocycles. The van der Waals surface area contributed by atoms with Gasteiger partial charge in [-0.2, -0.15) is 0 Å². The van der Waals surface area contributed by atoms with Crippen molar-refractivity contribution in [3.63, 3.8) is 0 Å². The molecule has 13 aromatic carbocycles. The summed E-state index contributed by atoms with van der Waals surface area (Å²) in [5, 5.41) is 15.2. The molecule has 660 valence electrons. The van der Waals surface area contributed by atoms with Gasteiger partial charge in [-0.15, -0.1) is 0 Å². The van der Waals surface area contributed by atoms with Crippen LogP contribution in [0.25, 0.3) is 277 Å². The van der Waals surface area contributed by atoms with Gasteiger partial charge in [-0.25, -0.2) is 39.9 Å². The second kappa shape index (κ2) is 35.5. The fraction of sp³-hybridized carbons (Fsp3) is 0. The zero-order valence-corrected chi connectivity index (χ0v) is 75.8. The molecule has 0 fully saturated rings. The Balaban J connectivity index is 0.000000109. The molecule has 142 heavy (non-hydrogen) atoms. The van der Waals surface area contributed by atoms with Gasteiger partial charge in [-0.05, 0) is 171 Å². The molecular formula is C124H74N18. The van der Waals surface area contributed by atoms with Gasteiger partial charge in [0.1, 0.15) is 17.1 Å². The zero-order valence-electron chi connectivity index (χ0n) is 75.8. The molecule has 18 heteroatoms. The molecule has 0 aliphatic rings. The molecule has 28 aromatic rings. The summed E-state index contributed by atoms with van der Waals surface area (Å²) in [6, 6.07) is 129. The fourth-order valence-corrected chi connectivity index (χ4v) is 19.1. The number of hydrogen-bond donors (Lipinski definition) is 0. The van der Waals surface area contributed by atoms with E-state index in [1.54, 1.807) is 55.8 Å². The van der Waals surface area contributed by atoms with Crippen LogP contribution in [0.5, 0.6) is 0 Å². The van der Waals surface area contributed by atoms with Crippen molar-refractivity contribution < 1.29 is 0 Å². The normalized spacial score (nSPS) is 11.5. The highest BCUT2D eigenvalue weighted by Gasteiger charge is 2.20. The van der Waals surface area contributed by atoms with Crippen molar-refractivity contribution in [1.29, 1.82) is 0 Å². The topological polar surface area (TPSA) is 232 Å². The Hall–Kier alpha value is -19.7. The van der Waals surface area contributed by atoms with Gasteiger partial charge < -0.3 is 0 Å². The van der Waals surface area contributed by atoms with Gasteiger partial charge in [0.2, 0.25) is 0 Å². The molecule has 0 saturated carbocycles. The molecular weight excluding hydrogens is 1740 g/mol. The molecule has 0 aliphatic carbocycles. The van der Waals surface area contributed by atoms with E-state index >= 15 is 0 Å². The van der Waals surface area contributed by atoms with Crippen LogP contribution in [-0.4, -0.2) is 89.7 Å². The van der Waals surface area contributed by atoms with Gasteiger partial charge in [0.25, 0.3) is 0 Å². The van der Waals surface area contributed by atoms with Crippen molar-refractivity contribution in [1.82, 2.24) is 89.7 Å². The van der Waals surface area contributed by atoms with E-state index in [2.05, 4.69) is 377 Å². The minimum Gasteiger partial charge on any atom is -0.261 e. The molecule has 0 amide bonds. The first kappa shape index (κ1) is 82.9. The number of aromatic nitrogens is 18. The minimum atomic E-state index is 0.752. The molecule has 0 N–H and O–H groups in total. The highest BCUT2D eigenvalue weighted by molar-refractivity contribution is 6.12. The van der Waals surface area contributed by atoms with E-state index in [0.29, 0.717) is 0 Å². The Morgan fingerprint density at radius 1 is 0.127 bits per heavy atom. The third-order valence-electron chi connectivity index (χ3n) is 26.4. The van der Waals surface area contributed by atoms with Crippen molar-refractivity contribution in [3.05, 3.63) is 451 Å². The van der Waals surface area contributed by atoms with E-state index in [1.807, 2.05) is 67.3 Å². The van der Waals surface area contributed by atoms with Crippen molar-refractivity contribution in [2.24, 2.45) is 0 Å². The van der Waals surface area contributed by atoms with Crippen LogP contribution in [0.2, 0.25) is 0 Å². The van der Waals surface area contributed by atoms with E-state index < -0.39 is 0 Å². The molecule has 0 unspecified atom stereocenters. The highest BCUT2D eigenvalue weighted by atomic mass is 14.9. The second-order valence-electron chi connectivity index (χ2n) is 35.0. The van der Waals surface area contributed by atoms with Crippen LogP contribution in [0.4, 0.5) is 0 Å². The molecule has 15 aromatic heterocycles. The average molecular weight is 1820 g/mol. The van der Waals surface area contributed by atoms with Crippen LogP contribution >= 0.6 is 0 Å². The molecule has 0 spiro atoms. The van der Waals surface area contributed by atoms with E-state index in [1.165, 1.54) is 0 Å². The number of benzene rings is 13. The third-order valence-corrected chi connectivity index (χ3v) is 26.4. The fourth-order valence-electron chi connectivity index (χ4n) is 19.1. The summed E-state index contributed by atoms with van der Waals surface area (Å²) in [7, 11) is 0. The van der Waals surface area contributed by atoms with Crippen molar-refractivity contribution >= 4 is 142 Å². The SMILES string of the molecule is c1cnc2c(c1)cc(-c1ccc(-c3ccc4ccc(-c5ccc6ccc(-c7cnccn7)nc6c5)cc4n3)cc1)c1cccnc12.c1cnc2c(c1)ccc1ccc(-c3ccc(-c4ccc5ccc(-c6ccc7ccc(-c8cnccn8)nc7c6)cc5n4)c4ccccc34)nc12.c1cnc2c(c1)ccc1ccc(-c3ccc(-c4ccc5ccc(-c6ccc7ccc(-c8cnccn8)nc7c6)cc5n4)cc3)nc12. The monoisotopic (exact) mass is 1810 g/mol. The van der Waals surface area contributed by atoms with Gasteiger partial charge in [0.05, 0.1) is 130 Å². The predicted octanol–water partition coefficient (Wildman–Crippen LogP) is 29.2. The summed E-state index contributed by atoms with van der Waals surface area (Å²) in [6.07, 6.45) is 22.6. The average Bonchev–Trinajstić information content (AvgIpc) is 0.757. The third kappa shape index (κ3) is 15.9. The molecule has 0 saturated heterocycles. The van der Waals surface area contributed by atoms with Gasteiger partial charge in [-0.3, -0.25) is 49.8 Å². The van der Waals surface area contributed by atoms with Gasteiger partial charge in [0, 0.05) is 154 Å². The minimum absolute atomic E-state index is 0.752. The molecule has 0 bridgehead atoms. The lowest BCUT2D eigenvalue weighted by Gasteiger charge is -2.13. The van der Waals surface area contributed by atoms with Crippen molar-refractivity contribution in [2.75, 3.05) is 0 Å². The Kier molecular flexibility index (Phi) is 20.7. The van der Waals surface area contributed by atoms with Crippen LogP contribution in [0, 0.1) is 0 Å². The van der Waals surface area contributed by atoms with E-state index in [0.717, 1.165) is 277 Å². The van der Waals surface area contributed by atoms with Crippen LogP contribution in [0.15, 0.2) is 451 Å². The lowest BCUT2D eigenvalue weighted by Crippen LogP contribution is -1.92. The van der Waals surface area contributed by atoms with Crippen molar-refractivity contribution in [3.8, 4) is 135 Å². The number of nitrogens with zero attached hydrogens (tertiary/aromatic N) is 18. The van der Waals surface area contributed by atoms with Crippen molar-refractivity contribution in [2.45, 2.75) is 0 Å². The maximum atomic E-state index is 5.22. The summed E-state index contributed by atoms with van der Waals surface area (Å²) < 4.78 is 0. The first-order valence-corrected chi connectivity index (χ1v) is 46.7. The van der Waals surface area contributed by atoms with Crippen LogP contribution < -0.4 is 0 Å². The van der Waals surface area contributed by atoms with Gasteiger partial charge in [0.15, 0.2) is 0 Å². The van der Waals surface area contributed by atoms with Crippen LogP contribution in [0.1, 0.15) is 0 Å². The standard InChI is InChI=1S/C44H26N6.2C40H24N6/c1-2-6-34-33(5-1)35(16-17-36(34)38-19-15-30-10-9-29-4-3-21-47-43(29)44(30)50-38)37-18-13-27-7-11-31(24-40(27)48-37)32-12-8-28-14-20-39(49-41(28)25-32)42-26-45-22-23-46-42;1-3-31-21-33(32-4-2-18-44-40(32)39(31)43-17-1)25-5-7-26(8-6-25)34-15-13-27-9-11-29(22-36(27)45-34)30-12-10-28-14-16-35(46-37(28)23-30)38-24-41-19-20-42-38;1-2-29-9-10-30-15-17-34(46-40(30)39(29)43-19-1)26-5-3-25(4-6-26)33-16-13-27-7-11-31(22-36(27)44-33)32-12-8-28-14-18-35(45-37(28)23-32)38-24-41-20-21-42-38/h1-26H;2*1-24H. The van der Waals surface area contributed by atoms with E-state index in [9.17, 15) is 0 Å². The summed E-state index contributed by atoms with van der Waals surface area (Å²) in [6.45, 7) is 0. The first-order chi connectivity index (χ1) is 70.3. The predicted molar refractivity (Wildman–Crippen MR) is 572 cm³/mol. The summed E-state index contributed by atoms with van der Waals surface area (Å²) in [5.41, 5.74) is 34.4. The molecule has 0 radical (unpaired) electrons. The van der Waals surface area contributed by atoms with E-state index in [-0.39, 0.29) is 0 Å². The van der Waals surface area contributed by atoms with E-state index in [4.69, 9.17) is 39.9 Å². The summed E-state index contributed by atoms with van der Waals surface area (Å²) in [4.78, 5) is 84.6. The Morgan fingerprint density at radius 2 is 0.387 bits per heavy atom. The molecule has 28 rings (SSSR count). The lowest BCUT2D eigenvalue weighted by atomic mass is 9.95. The zero-order chi connectivity index (χ0) is 93.9. The molecule has 0 aliphatic heterocycles. The van der Waals surface area contributed by atoms with Crippen LogP contribution in [0.3, 0.4) is 0 Å². The molecule has 18 nitrogen and oxygen atoms in total. The largest absolute Gasteiger partial charge is 0.261 e.